The van der Waals surface area contributed by atoms with E-state index in [0.717, 1.165) is 171 Å². The highest BCUT2D eigenvalue weighted by atomic mass is 32.1. The third kappa shape index (κ3) is 11.5. The van der Waals surface area contributed by atoms with Crippen LogP contribution in [-0.2, 0) is 21.1 Å². The molecule has 0 bridgehead atoms. The molecule has 0 amide bonds. The average molecular weight is 1330 g/mol. The van der Waals surface area contributed by atoms with Gasteiger partial charge in [-0.25, -0.2) is 0 Å². The lowest BCUT2D eigenvalue weighted by molar-refractivity contribution is -0.659. The number of aromatic nitrogens is 3. The maximum absolute atomic E-state index is 9.13. The van der Waals surface area contributed by atoms with Crippen molar-refractivity contribution in [2.45, 2.75) is 156 Å². The molecule has 9 aromatic carbocycles. The van der Waals surface area contributed by atoms with Gasteiger partial charge in [0.15, 0.2) is 18.6 Å². The molecule has 0 saturated heterocycles. The fourth-order valence-electron chi connectivity index (χ4n) is 16.1. The maximum atomic E-state index is 9.13. The van der Waals surface area contributed by atoms with Gasteiger partial charge in [-0.15, -0.1) is 34.0 Å². The molecule has 0 spiro atoms. The minimum atomic E-state index is -2.31. The van der Waals surface area contributed by atoms with Crippen molar-refractivity contribution in [3.63, 3.8) is 0 Å². The van der Waals surface area contributed by atoms with Crippen molar-refractivity contribution >= 4 is 127 Å². The molecule has 3 fully saturated rings. The van der Waals surface area contributed by atoms with Gasteiger partial charge in [0.1, 0.15) is 35.2 Å². The molecular weight excluding hydrogens is 1220 g/mol. The first-order valence-corrected chi connectivity index (χ1v) is 36.8. The number of benzene rings is 9. The van der Waals surface area contributed by atoms with Gasteiger partial charge in [0.05, 0.1) is 16.7 Å². The number of nitrogens with zero attached hydrogens (tertiary/aromatic N) is 3. The summed E-state index contributed by atoms with van der Waals surface area (Å²) < 4.78 is 137. The smallest absolute Gasteiger partial charge is 0.200 e. The molecule has 6 heteroatoms. The van der Waals surface area contributed by atoms with E-state index in [2.05, 4.69) is 146 Å². The number of pyridine rings is 3. The lowest BCUT2D eigenvalue weighted by Crippen LogP contribution is -2.31. The van der Waals surface area contributed by atoms with E-state index >= 15 is 0 Å². The van der Waals surface area contributed by atoms with E-state index in [9.17, 15) is 0 Å². The molecule has 96 heavy (non-hydrogen) atoms. The Morgan fingerprint density at radius 2 is 0.750 bits per heavy atom. The monoisotopic (exact) mass is 1320 g/mol. The molecule has 0 radical (unpaired) electrons. The molecule has 6 heterocycles. The zero-order valence-corrected chi connectivity index (χ0v) is 58.2. The summed E-state index contributed by atoms with van der Waals surface area (Å²) in [6, 6.07) is 53.8. The van der Waals surface area contributed by atoms with E-state index in [1.807, 2.05) is 60.5 Å². The van der Waals surface area contributed by atoms with Gasteiger partial charge in [-0.1, -0.05) is 160 Å². The summed E-state index contributed by atoms with van der Waals surface area (Å²) in [5.74, 6) is -1.53. The highest BCUT2D eigenvalue weighted by molar-refractivity contribution is 7.27. The Kier molecular flexibility index (Phi) is 12.8. The van der Waals surface area contributed by atoms with Gasteiger partial charge in [0.25, 0.3) is 0 Å². The molecule has 3 aliphatic carbocycles. The molecule has 0 unspecified atom stereocenters. The van der Waals surface area contributed by atoms with Crippen molar-refractivity contribution in [1.29, 1.82) is 0 Å². The summed E-state index contributed by atoms with van der Waals surface area (Å²) in [4.78, 5) is 0. The van der Waals surface area contributed by atoms with Crippen LogP contribution in [0.15, 0.2) is 176 Å². The third-order valence-electron chi connectivity index (χ3n) is 21.0. The van der Waals surface area contributed by atoms with E-state index in [-0.39, 0.29) is 11.1 Å². The molecular formula is C90H90N3S3+3. The lowest BCUT2D eigenvalue weighted by atomic mass is 9.83. The van der Waals surface area contributed by atoms with Gasteiger partial charge in [0, 0.05) is 84.2 Å². The van der Waals surface area contributed by atoms with Gasteiger partial charge >= 0.3 is 0 Å². The van der Waals surface area contributed by atoms with E-state index in [1.54, 1.807) is 59.3 Å². The van der Waals surface area contributed by atoms with Crippen molar-refractivity contribution in [3.05, 3.63) is 232 Å². The van der Waals surface area contributed by atoms with Crippen molar-refractivity contribution in [2.75, 3.05) is 0 Å². The SMILES string of the molecule is [2H]C([2H])([2H])c1ccc(-c2c3sc4cc5ccc(C6([2H])CCCC6)cc5cc4c3c(C([2H])([2H])[2H])c[n+]2C)c(C)c1.[2H]C([2H])([2H])c1ccc(-c2c3sc4cc5ccc(C6([2H])CCCCC6)cc5cc4c3c(C([2H])([2H])[2H])c[n+]2C)c(C)c1.[2H]C1(c2ccc3cc4sc5c(-c6ccccc6C)[n+](C)ccc5c4cc3c2)CCCCC1. The first kappa shape index (κ1) is 47.7. The molecule has 3 aliphatic rings. The van der Waals surface area contributed by atoms with Crippen molar-refractivity contribution in [3.8, 4) is 33.8 Å². The van der Waals surface area contributed by atoms with Crippen LogP contribution in [-0.4, -0.2) is 0 Å². The number of thiophene rings is 3. The van der Waals surface area contributed by atoms with Crippen LogP contribution >= 0.6 is 34.0 Å². The summed E-state index contributed by atoms with van der Waals surface area (Å²) in [5.41, 5.74) is 13.5. The zero-order valence-electron chi connectivity index (χ0n) is 70.7. The Balaban J connectivity index is 0.000000127. The third-order valence-corrected chi connectivity index (χ3v) is 24.5. The Morgan fingerprint density at radius 3 is 1.19 bits per heavy atom. The molecule has 0 N–H and O–H groups in total. The number of rotatable bonds is 6. The maximum Gasteiger partial charge on any atom is 0.230 e. The molecule has 0 atom stereocenters. The van der Waals surface area contributed by atoms with E-state index in [1.165, 1.54) is 79.0 Å². The molecule has 480 valence electrons. The largest absolute Gasteiger partial charge is 0.230 e. The predicted octanol–water partition coefficient (Wildman–Crippen LogP) is 25.0. The highest BCUT2D eigenvalue weighted by Gasteiger charge is 2.28. The number of hydrogen-bond acceptors (Lipinski definition) is 3. The second kappa shape index (κ2) is 25.7. The van der Waals surface area contributed by atoms with Crippen molar-refractivity contribution in [1.82, 2.24) is 0 Å². The molecule has 6 aromatic heterocycles. The summed E-state index contributed by atoms with van der Waals surface area (Å²) >= 11 is 5.04. The number of aryl methyl sites for hydroxylation is 10. The van der Waals surface area contributed by atoms with Crippen LogP contribution in [0.2, 0.25) is 0 Å². The van der Waals surface area contributed by atoms with Gasteiger partial charge in [-0.05, 0) is 225 Å². The summed E-state index contributed by atoms with van der Waals surface area (Å²) in [5, 5.41) is 12.6. The minimum absolute atomic E-state index is 0.287. The highest BCUT2D eigenvalue weighted by Crippen LogP contribution is 2.47. The van der Waals surface area contributed by atoms with Crippen LogP contribution in [0.3, 0.4) is 0 Å². The molecule has 3 nitrogen and oxygen atoms in total. The fourth-order valence-corrected chi connectivity index (χ4v) is 20.1. The van der Waals surface area contributed by atoms with Crippen molar-refractivity contribution in [2.24, 2.45) is 21.1 Å². The summed E-state index contributed by atoms with van der Waals surface area (Å²) in [6.45, 7) is -3.02. The Hall–Kier alpha value is -8.13. The molecule has 0 aliphatic heterocycles. The number of fused-ring (bicyclic) bond motifs is 12. The van der Waals surface area contributed by atoms with Crippen LogP contribution < -0.4 is 13.7 Å². The van der Waals surface area contributed by atoms with Crippen LogP contribution in [0, 0.1) is 48.2 Å². The van der Waals surface area contributed by atoms with E-state index < -0.39 is 45.1 Å². The van der Waals surface area contributed by atoms with Gasteiger partial charge in [-0.3, -0.25) is 0 Å². The molecule has 3 saturated carbocycles. The topological polar surface area (TPSA) is 11.6 Å². The van der Waals surface area contributed by atoms with Gasteiger partial charge in [-0.2, -0.15) is 13.7 Å². The molecule has 18 rings (SSSR count). The van der Waals surface area contributed by atoms with Crippen LogP contribution in [0.25, 0.3) is 127 Å². The Labute approximate surface area is 600 Å². The Bertz CT molecular complexity index is 6250. The van der Waals surface area contributed by atoms with E-state index in [4.69, 9.17) is 20.6 Å². The second-order valence-electron chi connectivity index (χ2n) is 27.5. The summed E-state index contributed by atoms with van der Waals surface area (Å²) in [6.07, 6.45) is 20.1. The van der Waals surface area contributed by atoms with Crippen LogP contribution in [0.1, 0.15) is 184 Å². The number of hydrogen-bond donors (Lipinski definition) is 0. The quantitative estimate of drug-likeness (QED) is 0.147. The van der Waals surface area contributed by atoms with Crippen molar-refractivity contribution < 1.29 is 34.3 Å². The average Bonchev–Trinajstić information content (AvgIpc) is 1.59. The first-order valence-electron chi connectivity index (χ1n) is 41.8. The Morgan fingerprint density at radius 1 is 0.344 bits per heavy atom. The zero-order chi connectivity index (χ0) is 78.4. The minimum Gasteiger partial charge on any atom is -0.200 e. The van der Waals surface area contributed by atoms with Gasteiger partial charge < -0.3 is 0 Å². The first-order chi connectivity index (χ1) is 52.6. The summed E-state index contributed by atoms with van der Waals surface area (Å²) in [7, 11) is 5.85. The van der Waals surface area contributed by atoms with E-state index in [0.29, 0.717) is 11.1 Å². The molecule has 15 aromatic rings. The normalized spacial score (nSPS) is 18.9. The fraction of sp³-hybridized carbons (Fsp3) is 0.300. The lowest BCUT2D eigenvalue weighted by Gasteiger charge is -2.22. The van der Waals surface area contributed by atoms with Gasteiger partial charge in [0.2, 0.25) is 17.1 Å². The standard InChI is InChI=1S/C31H32NS.C30H30NS.C29H28NS/c1-19-10-13-26(20(2)14-19)30-31-29(21(3)18-32(30)4)27-16-25-15-23(22-8-6-5-7-9-22)11-12-24(25)17-28(27)33-31;1-18-9-12-25(19(2)13-18)29-30-28(20(3)17-31(29)4)26-15-24-14-22(21-7-5-6-8-21)10-11-23(24)16-27(26)32-30;1-19-8-6-7-11-24(19)28-29-25(14-15-30(28)2)26-17-23-16-21(20-9-4-3-5-10-20)12-13-22(23)18-27(26)31-29/h10-18,22H,5-9H2,1-4H3;9-17,21H,5-8H2,1-4H3;6-8,11-18,20H,3-5,9-10H2,1-2H3/q3*+1/i1D3,3D3,22D;1D3,3D3,21D;20D. The predicted molar refractivity (Wildman–Crippen MR) is 416 cm³/mol. The van der Waals surface area contributed by atoms with Crippen LogP contribution in [0.5, 0.6) is 0 Å². The van der Waals surface area contributed by atoms with Crippen LogP contribution in [0.4, 0.5) is 0 Å². The second-order valence-corrected chi connectivity index (χ2v) is 30.6.